The number of hydrogen-bond donors (Lipinski definition) is 2. The average molecular weight is 465 g/mol. The summed E-state index contributed by atoms with van der Waals surface area (Å²) in [7, 11) is 0. The molecule has 2 amide bonds. The largest absolute Gasteiger partial charge is 0.326 e. The minimum absolute atomic E-state index is 0.125. The van der Waals surface area contributed by atoms with Gasteiger partial charge in [-0.25, -0.2) is 0 Å². The van der Waals surface area contributed by atoms with E-state index in [9.17, 15) is 9.59 Å². The van der Waals surface area contributed by atoms with E-state index in [0.29, 0.717) is 12.8 Å². The highest BCUT2D eigenvalue weighted by molar-refractivity contribution is 5.91. The van der Waals surface area contributed by atoms with E-state index < -0.39 is 0 Å². The molecule has 2 N–H and O–H groups in total. The fourth-order valence-corrected chi connectivity index (χ4v) is 4.18. The van der Waals surface area contributed by atoms with Crippen molar-refractivity contribution >= 4 is 23.2 Å². The highest BCUT2D eigenvalue weighted by Gasteiger charge is 2.03. The van der Waals surface area contributed by atoms with E-state index in [1.54, 1.807) is 0 Å². The summed E-state index contributed by atoms with van der Waals surface area (Å²) >= 11 is 0. The third-order valence-corrected chi connectivity index (χ3v) is 6.17. The first-order chi connectivity index (χ1) is 16.7. The highest BCUT2D eigenvalue weighted by Crippen LogP contribution is 2.15. The summed E-state index contributed by atoms with van der Waals surface area (Å²) in [6.45, 7) is 0. The van der Waals surface area contributed by atoms with Gasteiger partial charge in [0.2, 0.25) is 11.8 Å². The standard InChI is InChI=1S/C30H44N2O2/c33-29(31-27-21-15-13-16-22-27)25-19-11-9-7-5-3-1-2-4-6-8-10-12-20-26-30(34)32-28-23-17-14-18-24-28/h13-18,21-24H,1-12,19-20,25-26H2,(H,31,33)(H,32,34). The van der Waals surface area contributed by atoms with E-state index in [4.69, 9.17) is 0 Å². The minimum Gasteiger partial charge on any atom is -0.326 e. The van der Waals surface area contributed by atoms with Gasteiger partial charge in [-0.2, -0.15) is 0 Å². The topological polar surface area (TPSA) is 58.2 Å². The molecule has 0 atom stereocenters. The molecule has 2 aromatic carbocycles. The average Bonchev–Trinajstić information content (AvgIpc) is 2.85. The fourth-order valence-electron chi connectivity index (χ4n) is 4.18. The molecule has 2 aromatic rings. The lowest BCUT2D eigenvalue weighted by molar-refractivity contribution is -0.117. The lowest BCUT2D eigenvalue weighted by Crippen LogP contribution is -2.10. The van der Waals surface area contributed by atoms with Crippen LogP contribution in [0.1, 0.15) is 103 Å². The monoisotopic (exact) mass is 464 g/mol. The summed E-state index contributed by atoms with van der Waals surface area (Å²) < 4.78 is 0. The molecule has 0 radical (unpaired) electrons. The summed E-state index contributed by atoms with van der Waals surface area (Å²) in [4.78, 5) is 23.8. The van der Waals surface area contributed by atoms with Crippen LogP contribution < -0.4 is 10.6 Å². The van der Waals surface area contributed by atoms with Crippen molar-refractivity contribution < 1.29 is 9.59 Å². The van der Waals surface area contributed by atoms with Gasteiger partial charge in [0.05, 0.1) is 0 Å². The second-order valence-electron chi connectivity index (χ2n) is 9.28. The van der Waals surface area contributed by atoms with Gasteiger partial charge in [0.1, 0.15) is 0 Å². The summed E-state index contributed by atoms with van der Waals surface area (Å²) in [5.41, 5.74) is 1.77. The Kier molecular flexibility index (Phi) is 15.2. The van der Waals surface area contributed by atoms with Crippen LogP contribution in [0.3, 0.4) is 0 Å². The number of carbonyl (C=O) groups excluding carboxylic acids is 2. The third-order valence-electron chi connectivity index (χ3n) is 6.17. The van der Waals surface area contributed by atoms with Gasteiger partial charge in [0.15, 0.2) is 0 Å². The quantitative estimate of drug-likeness (QED) is 0.205. The number of amides is 2. The first kappa shape index (κ1) is 27.6. The van der Waals surface area contributed by atoms with E-state index in [1.807, 2.05) is 60.7 Å². The maximum atomic E-state index is 11.9. The van der Waals surface area contributed by atoms with Crippen LogP contribution in [-0.4, -0.2) is 11.8 Å². The van der Waals surface area contributed by atoms with Crippen molar-refractivity contribution in [3.63, 3.8) is 0 Å². The SMILES string of the molecule is O=C(CCCCCCCCCCCCCCCCC(=O)Nc1ccccc1)Nc1ccccc1. The molecule has 186 valence electrons. The molecule has 4 heteroatoms. The van der Waals surface area contributed by atoms with Crippen molar-refractivity contribution in [3.05, 3.63) is 60.7 Å². The summed E-state index contributed by atoms with van der Waals surface area (Å²) in [5, 5.41) is 5.90. The van der Waals surface area contributed by atoms with Crippen molar-refractivity contribution in [1.29, 1.82) is 0 Å². The first-order valence-electron chi connectivity index (χ1n) is 13.4. The molecule has 0 fully saturated rings. The van der Waals surface area contributed by atoms with Gasteiger partial charge < -0.3 is 10.6 Å². The van der Waals surface area contributed by atoms with Crippen LogP contribution in [-0.2, 0) is 9.59 Å². The Morgan fingerprint density at radius 2 is 0.676 bits per heavy atom. The van der Waals surface area contributed by atoms with Crippen LogP contribution in [0, 0.1) is 0 Å². The second-order valence-corrected chi connectivity index (χ2v) is 9.28. The molecule has 2 rings (SSSR count). The summed E-state index contributed by atoms with van der Waals surface area (Å²) in [6, 6.07) is 19.4. The first-order valence-corrected chi connectivity index (χ1v) is 13.4. The number of rotatable bonds is 19. The molecule has 4 nitrogen and oxygen atoms in total. The number of carbonyl (C=O) groups is 2. The van der Waals surface area contributed by atoms with Crippen LogP contribution in [0.25, 0.3) is 0 Å². The van der Waals surface area contributed by atoms with E-state index >= 15 is 0 Å². The Balaban J connectivity index is 1.27. The number of benzene rings is 2. The summed E-state index contributed by atoms with van der Waals surface area (Å²) in [5.74, 6) is 0.250. The lowest BCUT2D eigenvalue weighted by Gasteiger charge is -2.06. The smallest absolute Gasteiger partial charge is 0.224 e. The van der Waals surface area contributed by atoms with E-state index in [0.717, 1.165) is 37.1 Å². The zero-order chi connectivity index (χ0) is 24.1. The maximum absolute atomic E-state index is 11.9. The molecule has 0 spiro atoms. The molecule has 0 aromatic heterocycles. The minimum atomic E-state index is 0.125. The molecule has 0 bridgehead atoms. The van der Waals surface area contributed by atoms with Crippen molar-refractivity contribution in [2.45, 2.75) is 103 Å². The van der Waals surface area contributed by atoms with Crippen LogP contribution in [0.4, 0.5) is 11.4 Å². The number of unbranched alkanes of at least 4 members (excludes halogenated alkanes) is 13. The number of nitrogens with one attached hydrogen (secondary N) is 2. The normalized spacial score (nSPS) is 10.7. The molecule has 0 unspecified atom stereocenters. The molecular weight excluding hydrogens is 420 g/mol. The van der Waals surface area contributed by atoms with E-state index in [2.05, 4.69) is 10.6 Å². The predicted molar refractivity (Wildman–Crippen MR) is 144 cm³/mol. The lowest BCUT2D eigenvalue weighted by atomic mass is 10.0. The Hall–Kier alpha value is -2.62. The van der Waals surface area contributed by atoms with Crippen molar-refractivity contribution in [3.8, 4) is 0 Å². The Labute approximate surface area is 206 Å². The van der Waals surface area contributed by atoms with Crippen LogP contribution in [0.5, 0.6) is 0 Å². The Morgan fingerprint density at radius 3 is 0.971 bits per heavy atom. The van der Waals surface area contributed by atoms with Gasteiger partial charge in [0, 0.05) is 24.2 Å². The highest BCUT2D eigenvalue weighted by atomic mass is 16.2. The van der Waals surface area contributed by atoms with E-state index in [1.165, 1.54) is 64.2 Å². The molecule has 34 heavy (non-hydrogen) atoms. The zero-order valence-corrected chi connectivity index (χ0v) is 20.9. The zero-order valence-electron chi connectivity index (χ0n) is 20.9. The van der Waals surface area contributed by atoms with Gasteiger partial charge in [-0.05, 0) is 37.1 Å². The second kappa shape index (κ2) is 18.8. The van der Waals surface area contributed by atoms with Crippen LogP contribution >= 0.6 is 0 Å². The Morgan fingerprint density at radius 1 is 0.412 bits per heavy atom. The van der Waals surface area contributed by atoms with Crippen LogP contribution in [0.2, 0.25) is 0 Å². The van der Waals surface area contributed by atoms with Crippen molar-refractivity contribution in [2.75, 3.05) is 10.6 Å². The summed E-state index contributed by atoms with van der Waals surface area (Å²) in [6.07, 6.45) is 18.6. The molecule has 0 heterocycles. The van der Waals surface area contributed by atoms with E-state index in [-0.39, 0.29) is 11.8 Å². The maximum Gasteiger partial charge on any atom is 0.224 e. The van der Waals surface area contributed by atoms with Gasteiger partial charge in [-0.3, -0.25) is 9.59 Å². The van der Waals surface area contributed by atoms with Gasteiger partial charge in [0.25, 0.3) is 0 Å². The van der Waals surface area contributed by atoms with Gasteiger partial charge >= 0.3 is 0 Å². The van der Waals surface area contributed by atoms with Crippen molar-refractivity contribution in [2.24, 2.45) is 0 Å². The molecule has 0 aliphatic heterocycles. The third kappa shape index (κ3) is 14.5. The molecule has 0 saturated carbocycles. The molecular formula is C30H44N2O2. The fraction of sp³-hybridized carbons (Fsp3) is 0.533. The molecule has 0 saturated heterocycles. The number of anilines is 2. The van der Waals surface area contributed by atoms with Gasteiger partial charge in [-0.15, -0.1) is 0 Å². The van der Waals surface area contributed by atoms with Crippen molar-refractivity contribution in [1.82, 2.24) is 0 Å². The van der Waals surface area contributed by atoms with Gasteiger partial charge in [-0.1, -0.05) is 113 Å². The Bertz CT molecular complexity index is 709. The number of para-hydroxylation sites is 2. The molecule has 0 aliphatic carbocycles. The van der Waals surface area contributed by atoms with Crippen LogP contribution in [0.15, 0.2) is 60.7 Å². The molecule has 0 aliphatic rings. The number of hydrogen-bond acceptors (Lipinski definition) is 2. The predicted octanol–water partition coefficient (Wildman–Crippen LogP) is 8.51.